The first kappa shape index (κ1) is 22.3. The average Bonchev–Trinajstić information content (AvgIpc) is 3.57. The molecule has 0 aliphatic carbocycles. The van der Waals surface area contributed by atoms with Gasteiger partial charge in [-0.1, -0.05) is 6.07 Å². The second-order valence-electron chi connectivity index (χ2n) is 8.72. The molecule has 2 aliphatic rings. The van der Waals surface area contributed by atoms with Crippen molar-refractivity contribution in [3.63, 3.8) is 0 Å². The number of aromatic nitrogens is 6. The molecule has 2 aliphatic heterocycles. The summed E-state index contributed by atoms with van der Waals surface area (Å²) in [6.45, 7) is 0. The predicted molar refractivity (Wildman–Crippen MR) is 118 cm³/mol. The van der Waals surface area contributed by atoms with Crippen LogP contribution in [0.5, 0.6) is 0 Å². The van der Waals surface area contributed by atoms with E-state index in [0.717, 1.165) is 17.0 Å². The smallest absolute Gasteiger partial charge is 0.362 e. The van der Waals surface area contributed by atoms with Crippen LogP contribution < -0.4 is 5.32 Å². The maximum atomic E-state index is 14.8. The van der Waals surface area contributed by atoms with Gasteiger partial charge in [-0.2, -0.15) is 13.2 Å². The van der Waals surface area contributed by atoms with E-state index in [1.54, 1.807) is 17.0 Å². The molecule has 4 aromatic rings. The van der Waals surface area contributed by atoms with E-state index >= 15 is 0 Å². The van der Waals surface area contributed by atoms with Crippen molar-refractivity contribution in [3.8, 4) is 11.4 Å². The molecule has 1 aromatic carbocycles. The summed E-state index contributed by atoms with van der Waals surface area (Å²) in [7, 11) is 0. The first-order chi connectivity index (χ1) is 17.3. The minimum Gasteiger partial charge on any atom is -0.362 e. The Bertz CT molecular complexity index is 1460. The molecule has 1 N–H and O–H groups in total. The Labute approximate surface area is 201 Å². The predicted octanol–water partition coefficient (Wildman–Crippen LogP) is 3.60. The summed E-state index contributed by atoms with van der Waals surface area (Å²) in [5.74, 6) is -1.83. The van der Waals surface area contributed by atoms with Crippen molar-refractivity contribution in [2.75, 3.05) is 5.32 Å². The van der Waals surface area contributed by atoms with Crippen molar-refractivity contribution < 1.29 is 22.4 Å². The van der Waals surface area contributed by atoms with Gasteiger partial charge in [0, 0.05) is 30.8 Å². The fourth-order valence-corrected chi connectivity index (χ4v) is 5.25. The lowest BCUT2D eigenvalue weighted by Crippen LogP contribution is -2.40. The molecule has 3 atom stereocenters. The molecule has 0 saturated carbocycles. The first-order valence-electron chi connectivity index (χ1n) is 11.2. The zero-order chi connectivity index (χ0) is 25.0. The van der Waals surface area contributed by atoms with Gasteiger partial charge in [-0.05, 0) is 37.5 Å². The summed E-state index contributed by atoms with van der Waals surface area (Å²) < 4.78 is 55.4. The number of amides is 1. The summed E-state index contributed by atoms with van der Waals surface area (Å²) in [5.41, 5.74) is 0.138. The Morgan fingerprint density at radius 3 is 2.61 bits per heavy atom. The van der Waals surface area contributed by atoms with Crippen LogP contribution in [-0.2, 0) is 6.18 Å². The Balaban J connectivity index is 1.30. The molecule has 6 rings (SSSR count). The fourth-order valence-electron chi connectivity index (χ4n) is 5.25. The molecule has 5 heterocycles. The number of hydrogen-bond donors (Lipinski definition) is 1. The Morgan fingerprint density at radius 1 is 1.03 bits per heavy atom. The summed E-state index contributed by atoms with van der Waals surface area (Å²) in [4.78, 5) is 27.8. The highest BCUT2D eigenvalue weighted by atomic mass is 19.4. The van der Waals surface area contributed by atoms with Crippen molar-refractivity contribution in [3.05, 3.63) is 66.3 Å². The van der Waals surface area contributed by atoms with Crippen molar-refractivity contribution in [2.24, 2.45) is 0 Å². The zero-order valence-electron chi connectivity index (χ0n) is 18.5. The topological polar surface area (TPSA) is 101 Å². The molecule has 3 aromatic heterocycles. The maximum absolute atomic E-state index is 14.8. The number of rotatable bonds is 4. The number of hydrogen-bond acceptors (Lipinski definition) is 7. The van der Waals surface area contributed by atoms with Crippen LogP contribution in [0.3, 0.4) is 0 Å². The maximum Gasteiger partial charge on any atom is 0.452 e. The van der Waals surface area contributed by atoms with E-state index in [0.29, 0.717) is 12.8 Å². The fraction of sp³-hybridized carbons (Fsp3) is 0.304. The third-order valence-electron chi connectivity index (χ3n) is 6.71. The van der Waals surface area contributed by atoms with E-state index in [4.69, 9.17) is 0 Å². The average molecular weight is 498 g/mol. The third kappa shape index (κ3) is 3.53. The summed E-state index contributed by atoms with van der Waals surface area (Å²) in [6, 6.07) is 5.22. The van der Waals surface area contributed by atoms with Gasteiger partial charge >= 0.3 is 6.18 Å². The Hall–Kier alpha value is -4.16. The van der Waals surface area contributed by atoms with Gasteiger partial charge < -0.3 is 10.2 Å². The van der Waals surface area contributed by atoms with Crippen molar-refractivity contribution >= 4 is 17.4 Å². The van der Waals surface area contributed by atoms with Gasteiger partial charge in [0.25, 0.3) is 5.91 Å². The van der Waals surface area contributed by atoms with E-state index in [1.165, 1.54) is 30.7 Å². The van der Waals surface area contributed by atoms with E-state index in [1.807, 2.05) is 0 Å². The quantitative estimate of drug-likeness (QED) is 0.429. The molecule has 0 spiro atoms. The molecule has 3 unspecified atom stereocenters. The summed E-state index contributed by atoms with van der Waals surface area (Å²) >= 11 is 0. The largest absolute Gasteiger partial charge is 0.452 e. The molecule has 1 amide bonds. The number of halogens is 4. The molecule has 0 radical (unpaired) electrons. The van der Waals surface area contributed by atoms with Crippen LogP contribution in [0.1, 0.15) is 35.4 Å². The van der Waals surface area contributed by atoms with Gasteiger partial charge in [0.05, 0.1) is 23.2 Å². The molecule has 184 valence electrons. The van der Waals surface area contributed by atoms with Gasteiger partial charge in [0.1, 0.15) is 5.82 Å². The van der Waals surface area contributed by atoms with Gasteiger partial charge in [-0.15, -0.1) is 10.2 Å². The van der Waals surface area contributed by atoms with Crippen LogP contribution >= 0.6 is 0 Å². The minimum atomic E-state index is -4.67. The normalized spacial score (nSPS) is 21.3. The van der Waals surface area contributed by atoms with Crippen LogP contribution in [0, 0.1) is 5.82 Å². The number of nitrogens with one attached hydrogen (secondary N) is 1. The number of carbonyl (C=O) groups is 1. The standard InChI is InChI=1S/C23H18F4N8O/c24-14-4-1-3-13(17(14)18-28-7-2-8-29-18)21(36)35-12-5-6-16(35)15(11-12)31-19-20-32-33-22(23(25,26)27)34(20)10-9-30-19/h1-4,7-10,12,15-16H,5-6,11H2,(H,30,31). The van der Waals surface area contributed by atoms with E-state index in [-0.39, 0.29) is 52.4 Å². The number of fused-ring (bicyclic) bond motifs is 3. The second kappa shape index (κ2) is 8.21. The van der Waals surface area contributed by atoms with Crippen LogP contribution in [0.4, 0.5) is 23.4 Å². The highest BCUT2D eigenvalue weighted by Gasteiger charge is 2.49. The number of nitrogens with zero attached hydrogens (tertiary/aromatic N) is 7. The molecule has 2 fully saturated rings. The van der Waals surface area contributed by atoms with E-state index in [9.17, 15) is 22.4 Å². The molecular formula is C23H18F4N8O. The molecule has 13 heteroatoms. The molecule has 9 nitrogen and oxygen atoms in total. The third-order valence-corrected chi connectivity index (χ3v) is 6.71. The van der Waals surface area contributed by atoms with E-state index < -0.39 is 17.8 Å². The second-order valence-corrected chi connectivity index (χ2v) is 8.72. The van der Waals surface area contributed by atoms with Crippen molar-refractivity contribution in [2.45, 2.75) is 43.6 Å². The highest BCUT2D eigenvalue weighted by molar-refractivity contribution is 6.01. The molecular weight excluding hydrogens is 480 g/mol. The van der Waals surface area contributed by atoms with E-state index in [2.05, 4.69) is 30.5 Å². The van der Waals surface area contributed by atoms with Crippen LogP contribution in [-0.4, -0.2) is 58.5 Å². The molecule has 2 saturated heterocycles. The lowest BCUT2D eigenvalue weighted by molar-refractivity contribution is -0.145. The lowest BCUT2D eigenvalue weighted by Gasteiger charge is -2.26. The van der Waals surface area contributed by atoms with Crippen LogP contribution in [0.25, 0.3) is 17.0 Å². The molecule has 2 bridgehead atoms. The van der Waals surface area contributed by atoms with Crippen molar-refractivity contribution in [1.82, 2.24) is 34.4 Å². The van der Waals surface area contributed by atoms with Gasteiger partial charge in [0.15, 0.2) is 11.6 Å². The monoisotopic (exact) mass is 498 g/mol. The van der Waals surface area contributed by atoms with Gasteiger partial charge in [-0.25, -0.2) is 19.3 Å². The van der Waals surface area contributed by atoms with Gasteiger partial charge in [0.2, 0.25) is 11.5 Å². The van der Waals surface area contributed by atoms with Crippen LogP contribution in [0.2, 0.25) is 0 Å². The van der Waals surface area contributed by atoms with Crippen LogP contribution in [0.15, 0.2) is 49.1 Å². The summed E-state index contributed by atoms with van der Waals surface area (Å²) in [6.07, 6.45) is 2.69. The highest BCUT2D eigenvalue weighted by Crippen LogP contribution is 2.41. The lowest BCUT2D eigenvalue weighted by atomic mass is 9.95. The minimum absolute atomic E-state index is 0.0356. The Kier molecular flexibility index (Phi) is 5.09. The van der Waals surface area contributed by atoms with Crippen molar-refractivity contribution in [1.29, 1.82) is 0 Å². The number of anilines is 1. The zero-order valence-corrected chi connectivity index (χ0v) is 18.5. The number of carbonyl (C=O) groups excluding carboxylic acids is 1. The summed E-state index contributed by atoms with van der Waals surface area (Å²) in [5, 5.41) is 10.1. The first-order valence-corrected chi connectivity index (χ1v) is 11.2. The Morgan fingerprint density at radius 2 is 1.83 bits per heavy atom. The number of alkyl halides is 3. The SMILES string of the molecule is O=C(c1cccc(F)c1-c1ncccn1)N1C2CCC1C(Nc1nccn3c(C(F)(F)F)nnc13)C2. The number of benzene rings is 1. The van der Waals surface area contributed by atoms with Gasteiger partial charge in [-0.3, -0.25) is 9.20 Å². The molecule has 36 heavy (non-hydrogen) atoms.